The molecule has 0 unspecified atom stereocenters. The van der Waals surface area contributed by atoms with Crippen molar-refractivity contribution in [3.8, 4) is 0 Å². The van der Waals surface area contributed by atoms with Gasteiger partial charge < -0.3 is 15.1 Å². The van der Waals surface area contributed by atoms with Gasteiger partial charge in [0.1, 0.15) is 11.0 Å². The number of halogens is 1. The minimum absolute atomic E-state index is 0.0522. The van der Waals surface area contributed by atoms with E-state index in [4.69, 9.17) is 11.6 Å². The Morgan fingerprint density at radius 1 is 1.19 bits per heavy atom. The average Bonchev–Trinajstić information content (AvgIpc) is 2.66. The van der Waals surface area contributed by atoms with E-state index < -0.39 is 0 Å². The average molecular weight is 392 g/mol. The number of benzene rings is 1. The lowest BCUT2D eigenvalue weighted by atomic mass is 10.2. The number of nitrogens with one attached hydrogen (secondary N) is 1. The molecule has 0 aliphatic carbocycles. The van der Waals surface area contributed by atoms with Crippen molar-refractivity contribution >= 4 is 35.1 Å². The van der Waals surface area contributed by atoms with Crippen LogP contribution in [0.2, 0.25) is 5.15 Å². The van der Waals surface area contributed by atoms with Crippen molar-refractivity contribution in [1.82, 2.24) is 20.2 Å². The van der Waals surface area contributed by atoms with Gasteiger partial charge in [-0.15, -0.1) is 0 Å². The lowest BCUT2D eigenvalue weighted by Gasteiger charge is -2.33. The van der Waals surface area contributed by atoms with E-state index in [9.17, 15) is 4.79 Å². The third kappa shape index (κ3) is 5.59. The molecule has 138 valence electrons. The van der Waals surface area contributed by atoms with Gasteiger partial charge in [-0.1, -0.05) is 53.7 Å². The highest BCUT2D eigenvalue weighted by Crippen LogP contribution is 2.22. The van der Waals surface area contributed by atoms with Gasteiger partial charge in [0.25, 0.3) is 0 Å². The molecule has 3 rings (SSSR count). The first-order valence-electron chi connectivity index (χ1n) is 8.51. The molecule has 0 spiro atoms. The van der Waals surface area contributed by atoms with Crippen molar-refractivity contribution in [2.45, 2.75) is 11.7 Å². The second kappa shape index (κ2) is 9.21. The van der Waals surface area contributed by atoms with Crippen LogP contribution in [-0.2, 0) is 11.3 Å². The van der Waals surface area contributed by atoms with Gasteiger partial charge in [0.05, 0.1) is 5.75 Å². The van der Waals surface area contributed by atoms with E-state index in [2.05, 4.69) is 32.1 Å². The van der Waals surface area contributed by atoms with E-state index in [0.717, 1.165) is 37.6 Å². The maximum absolute atomic E-state index is 12.1. The van der Waals surface area contributed by atoms with Gasteiger partial charge >= 0.3 is 0 Å². The van der Waals surface area contributed by atoms with Crippen LogP contribution in [0.3, 0.4) is 0 Å². The summed E-state index contributed by atoms with van der Waals surface area (Å²) in [4.78, 5) is 25.3. The quantitative estimate of drug-likeness (QED) is 0.463. The van der Waals surface area contributed by atoms with Crippen LogP contribution in [0, 0.1) is 0 Å². The number of likely N-dealkylation sites (N-methyl/N-ethyl adjacent to an activating group) is 1. The molecule has 1 aromatic heterocycles. The van der Waals surface area contributed by atoms with E-state index in [0.29, 0.717) is 16.9 Å². The molecule has 0 radical (unpaired) electrons. The number of rotatable bonds is 6. The number of amides is 1. The van der Waals surface area contributed by atoms with E-state index in [1.807, 2.05) is 30.3 Å². The van der Waals surface area contributed by atoms with Crippen LogP contribution in [0.25, 0.3) is 0 Å². The Bertz CT molecular complexity index is 738. The Balaban J connectivity index is 1.53. The maximum Gasteiger partial charge on any atom is 0.230 e. The Hall–Kier alpha value is -1.83. The molecule has 1 aromatic carbocycles. The van der Waals surface area contributed by atoms with Crippen LogP contribution in [0.4, 0.5) is 5.82 Å². The van der Waals surface area contributed by atoms with Crippen molar-refractivity contribution in [3.63, 3.8) is 0 Å². The van der Waals surface area contributed by atoms with Gasteiger partial charge in [0, 0.05) is 38.8 Å². The fourth-order valence-corrected chi connectivity index (χ4v) is 3.54. The Morgan fingerprint density at radius 2 is 1.92 bits per heavy atom. The predicted octanol–water partition coefficient (Wildman–Crippen LogP) is 2.29. The molecule has 1 amide bonds. The normalized spacial score (nSPS) is 15.1. The molecule has 2 aromatic rings. The van der Waals surface area contributed by atoms with Crippen molar-refractivity contribution in [2.24, 2.45) is 0 Å². The number of carbonyl (C=O) groups excluding carboxylic acids is 1. The molecule has 1 N–H and O–H groups in total. The smallest absolute Gasteiger partial charge is 0.230 e. The number of thioether (sulfide) groups is 1. The molecule has 1 aliphatic heterocycles. The third-order valence-corrected chi connectivity index (χ3v) is 5.19. The topological polar surface area (TPSA) is 61.4 Å². The standard InChI is InChI=1S/C18H22ClN5OS/c1-23-7-9-24(10-8-23)16-11-15(19)21-18(22-16)26-13-17(25)20-12-14-5-3-2-4-6-14/h2-6,11H,7-10,12-13H2,1H3,(H,20,25). The first-order valence-corrected chi connectivity index (χ1v) is 9.88. The summed E-state index contributed by atoms with van der Waals surface area (Å²) in [5.74, 6) is 1.03. The summed E-state index contributed by atoms with van der Waals surface area (Å²) in [7, 11) is 2.11. The summed E-state index contributed by atoms with van der Waals surface area (Å²) >= 11 is 7.45. The number of anilines is 1. The first kappa shape index (κ1) is 18.9. The number of hydrogen-bond donors (Lipinski definition) is 1. The van der Waals surface area contributed by atoms with E-state index >= 15 is 0 Å². The zero-order valence-electron chi connectivity index (χ0n) is 14.7. The summed E-state index contributed by atoms with van der Waals surface area (Å²) in [5.41, 5.74) is 1.07. The minimum Gasteiger partial charge on any atom is -0.354 e. The van der Waals surface area contributed by atoms with Crippen LogP contribution in [-0.4, -0.2) is 59.8 Å². The SMILES string of the molecule is CN1CCN(c2cc(Cl)nc(SCC(=O)NCc3ccccc3)n2)CC1. The number of nitrogens with zero attached hydrogens (tertiary/aromatic N) is 4. The highest BCUT2D eigenvalue weighted by atomic mass is 35.5. The summed E-state index contributed by atoms with van der Waals surface area (Å²) in [6.07, 6.45) is 0. The largest absolute Gasteiger partial charge is 0.354 e. The second-order valence-electron chi connectivity index (χ2n) is 6.17. The lowest BCUT2D eigenvalue weighted by Crippen LogP contribution is -2.44. The second-order valence-corrected chi connectivity index (χ2v) is 7.50. The number of piperazine rings is 1. The monoisotopic (exact) mass is 391 g/mol. The zero-order chi connectivity index (χ0) is 18.4. The summed E-state index contributed by atoms with van der Waals surface area (Å²) < 4.78 is 0. The van der Waals surface area contributed by atoms with Crippen LogP contribution < -0.4 is 10.2 Å². The molecular weight excluding hydrogens is 370 g/mol. The molecule has 6 nitrogen and oxygen atoms in total. The summed E-state index contributed by atoms with van der Waals surface area (Å²) in [6.45, 7) is 4.32. The van der Waals surface area contributed by atoms with Crippen LogP contribution in [0.5, 0.6) is 0 Å². The molecule has 1 saturated heterocycles. The lowest BCUT2D eigenvalue weighted by molar-refractivity contribution is -0.118. The fraction of sp³-hybridized carbons (Fsp3) is 0.389. The van der Waals surface area contributed by atoms with Gasteiger partial charge in [-0.3, -0.25) is 4.79 Å². The van der Waals surface area contributed by atoms with Crippen molar-refractivity contribution in [3.05, 3.63) is 47.1 Å². The number of aromatic nitrogens is 2. The molecule has 26 heavy (non-hydrogen) atoms. The summed E-state index contributed by atoms with van der Waals surface area (Å²) in [6, 6.07) is 11.6. The predicted molar refractivity (Wildman–Crippen MR) is 106 cm³/mol. The maximum atomic E-state index is 12.1. The van der Waals surface area contributed by atoms with E-state index in [1.54, 1.807) is 6.07 Å². The Morgan fingerprint density at radius 3 is 2.65 bits per heavy atom. The van der Waals surface area contributed by atoms with E-state index in [-0.39, 0.29) is 11.7 Å². The molecule has 0 atom stereocenters. The zero-order valence-corrected chi connectivity index (χ0v) is 16.3. The molecule has 0 saturated carbocycles. The van der Waals surface area contributed by atoms with E-state index in [1.165, 1.54) is 11.8 Å². The molecule has 1 aliphatic rings. The highest BCUT2D eigenvalue weighted by molar-refractivity contribution is 7.99. The number of carbonyl (C=O) groups is 1. The minimum atomic E-state index is -0.0522. The van der Waals surface area contributed by atoms with Gasteiger partial charge in [-0.05, 0) is 12.6 Å². The van der Waals surface area contributed by atoms with Gasteiger partial charge in [-0.2, -0.15) is 0 Å². The fourth-order valence-electron chi connectivity index (χ4n) is 2.63. The van der Waals surface area contributed by atoms with Gasteiger partial charge in [0.15, 0.2) is 5.16 Å². The van der Waals surface area contributed by atoms with Crippen LogP contribution >= 0.6 is 23.4 Å². The van der Waals surface area contributed by atoms with Gasteiger partial charge in [-0.25, -0.2) is 9.97 Å². The molecular formula is C18H22ClN5OS. The highest BCUT2D eigenvalue weighted by Gasteiger charge is 2.17. The molecule has 8 heteroatoms. The molecule has 2 heterocycles. The van der Waals surface area contributed by atoms with Crippen LogP contribution in [0.15, 0.2) is 41.6 Å². The Labute approximate surface area is 162 Å². The first-order chi connectivity index (χ1) is 12.6. The van der Waals surface area contributed by atoms with Crippen molar-refractivity contribution < 1.29 is 4.79 Å². The van der Waals surface area contributed by atoms with Gasteiger partial charge in [0.2, 0.25) is 5.91 Å². The van der Waals surface area contributed by atoms with Crippen molar-refractivity contribution in [1.29, 1.82) is 0 Å². The number of hydrogen-bond acceptors (Lipinski definition) is 6. The molecule has 1 fully saturated rings. The molecule has 0 bridgehead atoms. The Kier molecular flexibility index (Phi) is 6.71. The summed E-state index contributed by atoms with van der Waals surface area (Å²) in [5, 5.41) is 3.84. The van der Waals surface area contributed by atoms with Crippen molar-refractivity contribution in [2.75, 3.05) is 43.9 Å². The van der Waals surface area contributed by atoms with Crippen LogP contribution in [0.1, 0.15) is 5.56 Å². The third-order valence-electron chi connectivity index (χ3n) is 4.15.